The molecule has 2 aromatic carbocycles. The number of nitrogens with two attached hydrogens (primary N) is 1. The molecule has 5 N–H and O–H groups in total. The van der Waals surface area contributed by atoms with E-state index in [9.17, 15) is 9.90 Å². The Labute approximate surface area is 152 Å². The maximum absolute atomic E-state index is 13.2. The number of para-hydroxylation sites is 1. The Morgan fingerprint density at radius 3 is 2.42 bits per heavy atom. The van der Waals surface area contributed by atoms with Gasteiger partial charge in [0.15, 0.2) is 0 Å². The van der Waals surface area contributed by atoms with Gasteiger partial charge in [-0.15, -0.1) is 0 Å². The van der Waals surface area contributed by atoms with Gasteiger partial charge in [0.2, 0.25) is 0 Å². The molecule has 3 rings (SSSR count). The molecule has 26 heavy (non-hydrogen) atoms. The summed E-state index contributed by atoms with van der Waals surface area (Å²) in [6.07, 6.45) is 0. The number of anilines is 1. The number of pyridine rings is 1. The molecule has 6 nitrogen and oxygen atoms in total. The van der Waals surface area contributed by atoms with Gasteiger partial charge in [-0.3, -0.25) is 10.6 Å². The van der Waals surface area contributed by atoms with E-state index in [4.69, 9.17) is 5.84 Å². The first-order valence-corrected chi connectivity index (χ1v) is 8.59. The molecule has 0 radical (unpaired) electrons. The van der Waals surface area contributed by atoms with Crippen LogP contribution in [0, 0.1) is 6.92 Å². The van der Waals surface area contributed by atoms with Crippen LogP contribution in [-0.2, 0) is 12.2 Å². The van der Waals surface area contributed by atoms with Crippen LogP contribution in [-0.4, -0.2) is 9.67 Å². The standard InChI is InChI=1S/C20H24N4O2/c1-4-24-16-8-6-5-7-15(16)18(25)17(19(24)26)20(3,23-21)22-14-11-9-13(2)10-12-14/h5-12,22-23,25H,4,21H2,1-3H3/t20-/m1/s1. The molecule has 0 fully saturated rings. The molecule has 0 spiro atoms. The number of nitrogens with one attached hydrogen (secondary N) is 2. The molecule has 0 aliphatic heterocycles. The highest BCUT2D eigenvalue weighted by Crippen LogP contribution is 2.33. The van der Waals surface area contributed by atoms with E-state index in [1.165, 1.54) is 0 Å². The van der Waals surface area contributed by atoms with E-state index < -0.39 is 5.66 Å². The van der Waals surface area contributed by atoms with E-state index in [1.54, 1.807) is 17.6 Å². The summed E-state index contributed by atoms with van der Waals surface area (Å²) in [6.45, 7) is 6.12. The van der Waals surface area contributed by atoms with Gasteiger partial charge < -0.3 is 15.0 Å². The van der Waals surface area contributed by atoms with Crippen molar-refractivity contribution in [2.75, 3.05) is 5.32 Å². The third kappa shape index (κ3) is 2.94. The molecule has 0 saturated heterocycles. The maximum atomic E-state index is 13.2. The molecule has 1 heterocycles. The van der Waals surface area contributed by atoms with E-state index >= 15 is 0 Å². The number of hydrogen-bond acceptors (Lipinski definition) is 5. The van der Waals surface area contributed by atoms with E-state index in [-0.39, 0.29) is 16.9 Å². The number of rotatable bonds is 5. The Hall–Kier alpha value is -2.83. The lowest BCUT2D eigenvalue weighted by Gasteiger charge is -2.32. The third-order valence-corrected chi connectivity index (χ3v) is 4.70. The highest BCUT2D eigenvalue weighted by molar-refractivity contribution is 5.86. The van der Waals surface area contributed by atoms with E-state index in [2.05, 4.69) is 10.7 Å². The number of nitrogens with zero attached hydrogens (tertiary/aromatic N) is 1. The van der Waals surface area contributed by atoms with Gasteiger partial charge in [0, 0.05) is 17.6 Å². The second kappa shape index (κ2) is 6.82. The first-order chi connectivity index (χ1) is 12.4. The molecular weight excluding hydrogens is 328 g/mol. The number of aromatic nitrogens is 1. The minimum absolute atomic E-state index is 0.0737. The number of aromatic hydroxyl groups is 1. The van der Waals surface area contributed by atoms with Crippen molar-refractivity contribution < 1.29 is 5.11 Å². The Morgan fingerprint density at radius 2 is 1.81 bits per heavy atom. The van der Waals surface area contributed by atoms with Gasteiger partial charge in [-0.1, -0.05) is 29.8 Å². The Kier molecular flexibility index (Phi) is 4.71. The molecule has 0 amide bonds. The van der Waals surface area contributed by atoms with Crippen molar-refractivity contribution in [3.05, 3.63) is 70.0 Å². The zero-order valence-corrected chi connectivity index (χ0v) is 15.2. The molecule has 3 aromatic rings. The van der Waals surface area contributed by atoms with Crippen LogP contribution in [0.1, 0.15) is 25.0 Å². The summed E-state index contributed by atoms with van der Waals surface area (Å²) >= 11 is 0. The average Bonchev–Trinajstić information content (AvgIpc) is 2.64. The van der Waals surface area contributed by atoms with Gasteiger partial charge in [0.05, 0.1) is 5.52 Å². The quantitative estimate of drug-likeness (QED) is 0.322. The smallest absolute Gasteiger partial charge is 0.261 e. The van der Waals surface area contributed by atoms with E-state index in [1.807, 2.05) is 56.3 Å². The van der Waals surface area contributed by atoms with Gasteiger partial charge >= 0.3 is 0 Å². The lowest BCUT2D eigenvalue weighted by atomic mass is 9.98. The monoisotopic (exact) mass is 352 g/mol. The second-order valence-corrected chi connectivity index (χ2v) is 6.55. The zero-order valence-electron chi connectivity index (χ0n) is 15.2. The summed E-state index contributed by atoms with van der Waals surface area (Å²) in [5, 5.41) is 14.7. The highest BCUT2D eigenvalue weighted by Gasteiger charge is 2.33. The summed E-state index contributed by atoms with van der Waals surface area (Å²) in [5.74, 6) is 5.74. The van der Waals surface area contributed by atoms with Crippen molar-refractivity contribution in [2.24, 2.45) is 5.84 Å². The number of benzene rings is 2. The van der Waals surface area contributed by atoms with E-state index in [0.717, 1.165) is 11.3 Å². The number of hydrogen-bond donors (Lipinski definition) is 4. The van der Waals surface area contributed by atoms with Crippen LogP contribution in [0.2, 0.25) is 0 Å². The average molecular weight is 352 g/mol. The number of hydrazine groups is 1. The SMILES string of the molecule is CCn1c(=O)c([C@@](C)(NN)Nc2ccc(C)cc2)c(O)c2ccccc21. The molecule has 0 aliphatic carbocycles. The van der Waals surface area contributed by atoms with Crippen molar-refractivity contribution in [3.8, 4) is 5.75 Å². The summed E-state index contributed by atoms with van der Waals surface area (Å²) in [6, 6.07) is 15.0. The van der Waals surface area contributed by atoms with Crippen LogP contribution in [0.4, 0.5) is 5.69 Å². The second-order valence-electron chi connectivity index (χ2n) is 6.55. The molecule has 0 bridgehead atoms. The third-order valence-electron chi connectivity index (χ3n) is 4.70. The number of fused-ring (bicyclic) bond motifs is 1. The van der Waals surface area contributed by atoms with Gasteiger partial charge in [0.1, 0.15) is 17.0 Å². The Bertz CT molecular complexity index is 995. The largest absolute Gasteiger partial charge is 0.507 e. The molecule has 6 heteroatoms. The predicted molar refractivity (Wildman–Crippen MR) is 105 cm³/mol. The zero-order chi connectivity index (χ0) is 18.9. The minimum Gasteiger partial charge on any atom is -0.507 e. The van der Waals surface area contributed by atoms with Crippen molar-refractivity contribution in [1.29, 1.82) is 0 Å². The maximum Gasteiger partial charge on any atom is 0.261 e. The fraction of sp³-hybridized carbons (Fsp3) is 0.250. The summed E-state index contributed by atoms with van der Waals surface area (Å²) in [5.41, 5.74) is 4.01. The molecule has 1 atom stereocenters. The normalized spacial score (nSPS) is 13.5. The first kappa shape index (κ1) is 18.0. The predicted octanol–water partition coefficient (Wildman–Crippen LogP) is 2.78. The summed E-state index contributed by atoms with van der Waals surface area (Å²) in [7, 11) is 0. The van der Waals surface area contributed by atoms with Crippen LogP contribution in [0.15, 0.2) is 53.3 Å². The van der Waals surface area contributed by atoms with Gasteiger partial charge in [-0.2, -0.15) is 0 Å². The van der Waals surface area contributed by atoms with Crippen LogP contribution in [0.5, 0.6) is 5.75 Å². The molecular formula is C20H24N4O2. The van der Waals surface area contributed by atoms with Crippen LogP contribution >= 0.6 is 0 Å². The molecule has 1 aromatic heterocycles. The van der Waals surface area contributed by atoms with Crippen molar-refractivity contribution in [1.82, 2.24) is 9.99 Å². The molecule has 0 aliphatic rings. The Morgan fingerprint density at radius 1 is 1.15 bits per heavy atom. The van der Waals surface area contributed by atoms with Gasteiger partial charge in [-0.25, -0.2) is 5.43 Å². The molecule has 0 saturated carbocycles. The topological polar surface area (TPSA) is 92.3 Å². The van der Waals surface area contributed by atoms with Crippen molar-refractivity contribution in [3.63, 3.8) is 0 Å². The van der Waals surface area contributed by atoms with Crippen LogP contribution in [0.25, 0.3) is 10.9 Å². The minimum atomic E-state index is -1.16. The first-order valence-electron chi connectivity index (χ1n) is 8.59. The molecule has 136 valence electrons. The molecule has 0 unspecified atom stereocenters. The summed E-state index contributed by atoms with van der Waals surface area (Å²) < 4.78 is 1.64. The fourth-order valence-electron chi connectivity index (χ4n) is 3.25. The van der Waals surface area contributed by atoms with Crippen LogP contribution < -0.4 is 22.1 Å². The van der Waals surface area contributed by atoms with Gasteiger partial charge in [-0.05, 0) is 45.0 Å². The lowest BCUT2D eigenvalue weighted by molar-refractivity contribution is 0.388. The van der Waals surface area contributed by atoms with Crippen molar-refractivity contribution in [2.45, 2.75) is 33.0 Å². The van der Waals surface area contributed by atoms with Gasteiger partial charge in [0.25, 0.3) is 5.56 Å². The lowest BCUT2D eigenvalue weighted by Crippen LogP contribution is -2.53. The van der Waals surface area contributed by atoms with Crippen molar-refractivity contribution >= 4 is 16.6 Å². The number of aryl methyl sites for hydroxylation is 2. The summed E-state index contributed by atoms with van der Waals surface area (Å²) in [4.78, 5) is 13.2. The van der Waals surface area contributed by atoms with Crippen LogP contribution in [0.3, 0.4) is 0 Å². The fourth-order valence-corrected chi connectivity index (χ4v) is 3.25. The highest BCUT2D eigenvalue weighted by atomic mass is 16.3. The van der Waals surface area contributed by atoms with E-state index in [0.29, 0.717) is 17.4 Å². The Balaban J connectivity index is 2.24.